The molecule has 1 rings (SSSR count). The first kappa shape index (κ1) is 11.8. The highest BCUT2D eigenvalue weighted by molar-refractivity contribution is 7.85. The smallest absolute Gasteiger partial charge is 0.573 e. The van der Waals surface area contributed by atoms with E-state index in [9.17, 15) is 26.1 Å². The molecule has 15 heavy (non-hydrogen) atoms. The molecule has 0 fully saturated rings. The standard InChI is InChI=1S/C7H5F3O4S/c8-7(9,10)14-5-3-1-2-4-6(5)15(11,12)13/h1-4H,(H,11,12,13)/p-1. The van der Waals surface area contributed by atoms with Crippen molar-refractivity contribution in [3.05, 3.63) is 24.3 Å². The molecule has 0 atom stereocenters. The third-order valence-electron chi connectivity index (χ3n) is 1.34. The lowest BCUT2D eigenvalue weighted by molar-refractivity contribution is -0.275. The first-order chi connectivity index (χ1) is 6.70. The predicted octanol–water partition coefficient (Wildman–Crippen LogP) is 1.49. The Kier molecular flexibility index (Phi) is 2.91. The molecule has 0 saturated carbocycles. The highest BCUT2D eigenvalue weighted by Crippen LogP contribution is 2.28. The van der Waals surface area contributed by atoms with Crippen molar-refractivity contribution in [1.29, 1.82) is 0 Å². The van der Waals surface area contributed by atoms with Crippen LogP contribution in [0, 0.1) is 0 Å². The summed E-state index contributed by atoms with van der Waals surface area (Å²) in [5.41, 5.74) is 0. The first-order valence-electron chi connectivity index (χ1n) is 3.51. The quantitative estimate of drug-likeness (QED) is 0.735. The summed E-state index contributed by atoms with van der Waals surface area (Å²) in [6.45, 7) is 0. The minimum atomic E-state index is -5.04. The number of alkyl halides is 3. The summed E-state index contributed by atoms with van der Waals surface area (Å²) in [6.07, 6.45) is -5.04. The number of ether oxygens (including phenoxy) is 1. The molecule has 1 aromatic carbocycles. The van der Waals surface area contributed by atoms with E-state index in [1.807, 2.05) is 0 Å². The summed E-state index contributed by atoms with van der Waals surface area (Å²) in [5.74, 6) is -1.03. The van der Waals surface area contributed by atoms with Crippen molar-refractivity contribution in [2.75, 3.05) is 0 Å². The predicted molar refractivity (Wildman–Crippen MR) is 41.1 cm³/mol. The third-order valence-corrected chi connectivity index (χ3v) is 2.22. The molecular formula is C7H4F3O4S-. The molecule has 0 bridgehead atoms. The van der Waals surface area contributed by atoms with Gasteiger partial charge in [0.05, 0.1) is 4.90 Å². The SMILES string of the molecule is O=S(=O)([O-])c1ccccc1OC(F)(F)F. The second-order valence-electron chi connectivity index (χ2n) is 2.45. The van der Waals surface area contributed by atoms with Gasteiger partial charge in [0.2, 0.25) is 0 Å². The summed E-state index contributed by atoms with van der Waals surface area (Å²) in [6, 6.07) is 3.73. The molecule has 0 aromatic heterocycles. The van der Waals surface area contributed by atoms with E-state index in [-0.39, 0.29) is 0 Å². The summed E-state index contributed by atoms with van der Waals surface area (Å²) in [5, 5.41) is 0. The Morgan fingerprint density at radius 1 is 1.20 bits per heavy atom. The zero-order valence-corrected chi connectivity index (χ0v) is 7.80. The average Bonchev–Trinajstić information content (AvgIpc) is 1.99. The zero-order valence-electron chi connectivity index (χ0n) is 6.98. The van der Waals surface area contributed by atoms with Crippen molar-refractivity contribution in [1.82, 2.24) is 0 Å². The van der Waals surface area contributed by atoms with Gasteiger partial charge in [0.1, 0.15) is 15.9 Å². The van der Waals surface area contributed by atoms with Crippen LogP contribution in [0.15, 0.2) is 29.2 Å². The van der Waals surface area contributed by atoms with Gasteiger partial charge in [0, 0.05) is 0 Å². The molecule has 8 heteroatoms. The van der Waals surface area contributed by atoms with Crippen LogP contribution in [0.5, 0.6) is 5.75 Å². The Balaban J connectivity index is 3.20. The maximum absolute atomic E-state index is 11.8. The Morgan fingerprint density at radius 2 is 1.73 bits per heavy atom. The van der Waals surface area contributed by atoms with Gasteiger partial charge in [-0.25, -0.2) is 8.42 Å². The highest BCUT2D eigenvalue weighted by Gasteiger charge is 2.32. The van der Waals surface area contributed by atoms with Gasteiger partial charge in [-0.2, -0.15) is 0 Å². The Morgan fingerprint density at radius 3 is 2.20 bits per heavy atom. The van der Waals surface area contributed by atoms with Gasteiger partial charge in [-0.1, -0.05) is 12.1 Å². The van der Waals surface area contributed by atoms with Crippen LogP contribution in [0.1, 0.15) is 0 Å². The molecule has 0 aliphatic carbocycles. The number of hydrogen-bond acceptors (Lipinski definition) is 4. The number of hydrogen-bond donors (Lipinski definition) is 0. The second-order valence-corrected chi connectivity index (χ2v) is 3.80. The van der Waals surface area contributed by atoms with Gasteiger partial charge in [-0.15, -0.1) is 13.2 Å². The average molecular weight is 241 g/mol. The van der Waals surface area contributed by atoms with Gasteiger partial charge >= 0.3 is 6.36 Å². The number of benzene rings is 1. The van der Waals surface area contributed by atoms with E-state index in [0.717, 1.165) is 24.3 Å². The zero-order chi connectivity index (χ0) is 11.7. The maximum Gasteiger partial charge on any atom is 0.573 e. The molecule has 1 aromatic rings. The molecular weight excluding hydrogens is 237 g/mol. The van der Waals surface area contributed by atoms with Crippen molar-refractivity contribution in [3.63, 3.8) is 0 Å². The second kappa shape index (κ2) is 3.70. The minimum Gasteiger partial charge on any atom is -0.744 e. The van der Waals surface area contributed by atoms with Gasteiger partial charge in [0.15, 0.2) is 0 Å². The third kappa shape index (κ3) is 3.40. The maximum atomic E-state index is 11.8. The van der Waals surface area contributed by atoms with E-state index < -0.39 is 27.1 Å². The van der Waals surface area contributed by atoms with Crippen LogP contribution in [0.2, 0.25) is 0 Å². The molecule has 0 spiro atoms. The van der Waals surface area contributed by atoms with Crippen LogP contribution in [0.3, 0.4) is 0 Å². The molecule has 0 radical (unpaired) electrons. The fourth-order valence-corrected chi connectivity index (χ4v) is 1.47. The van der Waals surface area contributed by atoms with Crippen LogP contribution < -0.4 is 4.74 Å². The van der Waals surface area contributed by atoms with E-state index in [2.05, 4.69) is 4.74 Å². The van der Waals surface area contributed by atoms with Crippen molar-refractivity contribution in [2.45, 2.75) is 11.3 Å². The molecule has 0 aliphatic heterocycles. The monoisotopic (exact) mass is 241 g/mol. The normalized spacial score (nSPS) is 12.5. The van der Waals surface area contributed by atoms with Gasteiger partial charge in [-0.05, 0) is 12.1 Å². The Bertz CT molecular complexity index is 452. The molecule has 4 nitrogen and oxygen atoms in total. The fourth-order valence-electron chi connectivity index (χ4n) is 0.866. The largest absolute Gasteiger partial charge is 0.744 e. The van der Waals surface area contributed by atoms with E-state index in [0.29, 0.717) is 0 Å². The van der Waals surface area contributed by atoms with Gasteiger partial charge in [-0.3, -0.25) is 0 Å². The van der Waals surface area contributed by atoms with E-state index in [4.69, 9.17) is 0 Å². The summed E-state index contributed by atoms with van der Waals surface area (Å²) < 4.78 is 70.4. The number of rotatable bonds is 2. The van der Waals surface area contributed by atoms with E-state index >= 15 is 0 Å². The first-order valence-corrected chi connectivity index (χ1v) is 4.91. The van der Waals surface area contributed by atoms with E-state index in [1.54, 1.807) is 0 Å². The van der Waals surface area contributed by atoms with Crippen LogP contribution in [0.4, 0.5) is 13.2 Å². The Labute approximate surface area is 83.0 Å². The molecule has 0 aliphatic rings. The fraction of sp³-hybridized carbons (Fsp3) is 0.143. The van der Waals surface area contributed by atoms with Crippen molar-refractivity contribution < 1.29 is 30.9 Å². The highest BCUT2D eigenvalue weighted by atomic mass is 32.2. The Hall–Kier alpha value is -1.28. The van der Waals surface area contributed by atoms with Crippen LogP contribution in [0.25, 0.3) is 0 Å². The molecule has 0 N–H and O–H groups in total. The lowest BCUT2D eigenvalue weighted by Crippen LogP contribution is -2.18. The van der Waals surface area contributed by atoms with Crippen molar-refractivity contribution in [3.8, 4) is 5.75 Å². The topological polar surface area (TPSA) is 66.4 Å². The molecule has 0 amide bonds. The van der Waals surface area contributed by atoms with Crippen molar-refractivity contribution in [2.24, 2.45) is 0 Å². The molecule has 0 unspecified atom stereocenters. The van der Waals surface area contributed by atoms with Gasteiger partial charge in [0.25, 0.3) is 0 Å². The summed E-state index contributed by atoms with van der Waals surface area (Å²) in [7, 11) is -4.98. The summed E-state index contributed by atoms with van der Waals surface area (Å²) >= 11 is 0. The lowest BCUT2D eigenvalue weighted by atomic mass is 10.3. The summed E-state index contributed by atoms with van der Waals surface area (Å²) in [4.78, 5) is -1.04. The number of halogens is 3. The van der Waals surface area contributed by atoms with Crippen LogP contribution in [-0.2, 0) is 10.1 Å². The lowest BCUT2D eigenvalue weighted by Gasteiger charge is -2.14. The molecule has 84 valence electrons. The molecule has 0 saturated heterocycles. The van der Waals surface area contributed by atoms with Crippen LogP contribution in [-0.4, -0.2) is 19.3 Å². The van der Waals surface area contributed by atoms with Gasteiger partial charge < -0.3 is 9.29 Å². The van der Waals surface area contributed by atoms with Crippen LogP contribution >= 0.6 is 0 Å². The van der Waals surface area contributed by atoms with Crippen molar-refractivity contribution >= 4 is 10.1 Å². The minimum absolute atomic E-state index is 0.739. The molecule has 0 heterocycles. The number of para-hydroxylation sites is 1. The van der Waals surface area contributed by atoms with E-state index in [1.165, 1.54) is 0 Å².